The Morgan fingerprint density at radius 2 is 1.91 bits per heavy atom. The maximum Gasteiger partial charge on any atom is 0.325 e. The number of carbonyl (C=O) groups is 1. The summed E-state index contributed by atoms with van der Waals surface area (Å²) in [5, 5.41) is 12.1. The smallest absolute Gasteiger partial charge is 0.325 e. The molecular formula is C18H21NO3. The Labute approximate surface area is 130 Å². The lowest BCUT2D eigenvalue weighted by atomic mass is 9.96. The van der Waals surface area contributed by atoms with E-state index in [1.54, 1.807) is 14.0 Å². The summed E-state index contributed by atoms with van der Waals surface area (Å²) in [6.07, 6.45) is 0.816. The van der Waals surface area contributed by atoms with Crippen molar-refractivity contribution in [3.8, 4) is 16.9 Å². The van der Waals surface area contributed by atoms with E-state index >= 15 is 0 Å². The first kappa shape index (κ1) is 15.9. The summed E-state index contributed by atoms with van der Waals surface area (Å²) in [6, 6.07) is 13.2. The molecule has 0 aliphatic rings. The lowest BCUT2D eigenvalue weighted by Gasteiger charge is -2.18. The van der Waals surface area contributed by atoms with Crippen LogP contribution in [0.15, 0.2) is 42.5 Å². The first-order chi connectivity index (χ1) is 10.6. The molecule has 0 bridgehead atoms. The summed E-state index contributed by atoms with van der Waals surface area (Å²) in [4.78, 5) is 11.1. The molecule has 0 fully saturated rings. The molecular weight excluding hydrogens is 278 g/mol. The molecule has 2 aromatic rings. The Balaban J connectivity index is 2.41. The summed E-state index contributed by atoms with van der Waals surface area (Å²) in [7, 11) is 1.64. The molecule has 0 heterocycles. The Bertz CT molecular complexity index is 650. The van der Waals surface area contributed by atoms with Crippen LogP contribution in [0.25, 0.3) is 11.1 Å². The van der Waals surface area contributed by atoms with E-state index < -0.39 is 12.0 Å². The molecule has 0 aliphatic carbocycles. The first-order valence-electron chi connectivity index (χ1n) is 7.32. The molecule has 1 atom stereocenters. The molecule has 0 saturated heterocycles. The minimum absolute atomic E-state index is 0.628. The highest BCUT2D eigenvalue weighted by Gasteiger charge is 2.14. The van der Waals surface area contributed by atoms with E-state index in [9.17, 15) is 4.79 Å². The van der Waals surface area contributed by atoms with Crippen molar-refractivity contribution in [3.63, 3.8) is 0 Å². The fourth-order valence-corrected chi connectivity index (χ4v) is 2.44. The van der Waals surface area contributed by atoms with E-state index in [0.717, 1.165) is 34.5 Å². The van der Waals surface area contributed by atoms with Gasteiger partial charge in [0.2, 0.25) is 0 Å². The zero-order chi connectivity index (χ0) is 16.1. The molecule has 0 aliphatic heterocycles. The van der Waals surface area contributed by atoms with Crippen LogP contribution in [0.4, 0.5) is 5.69 Å². The summed E-state index contributed by atoms with van der Waals surface area (Å²) < 4.78 is 5.19. The maximum absolute atomic E-state index is 11.1. The number of nitrogens with one attached hydrogen (secondary N) is 1. The van der Waals surface area contributed by atoms with Crippen LogP contribution in [0.2, 0.25) is 0 Å². The number of methoxy groups -OCH3 is 1. The minimum atomic E-state index is -0.864. The Hall–Kier alpha value is -2.49. The van der Waals surface area contributed by atoms with E-state index in [2.05, 4.69) is 18.3 Å². The summed E-state index contributed by atoms with van der Waals surface area (Å²) in [5.74, 6) is -0.0486. The van der Waals surface area contributed by atoms with Gasteiger partial charge in [-0.25, -0.2) is 0 Å². The van der Waals surface area contributed by atoms with E-state index in [1.165, 1.54) is 0 Å². The third kappa shape index (κ3) is 3.39. The highest BCUT2D eigenvalue weighted by Crippen LogP contribution is 2.31. The second kappa shape index (κ2) is 6.98. The van der Waals surface area contributed by atoms with Crippen molar-refractivity contribution in [2.24, 2.45) is 0 Å². The second-order valence-corrected chi connectivity index (χ2v) is 5.12. The van der Waals surface area contributed by atoms with Crippen LogP contribution in [0, 0.1) is 0 Å². The molecule has 0 saturated carbocycles. The van der Waals surface area contributed by atoms with Gasteiger partial charge in [0.15, 0.2) is 0 Å². The zero-order valence-corrected chi connectivity index (χ0v) is 13.1. The van der Waals surface area contributed by atoms with E-state index in [4.69, 9.17) is 9.84 Å². The fraction of sp³-hybridized carbons (Fsp3) is 0.278. The Kier molecular flexibility index (Phi) is 5.04. The van der Waals surface area contributed by atoms with Gasteiger partial charge in [0.1, 0.15) is 11.8 Å². The molecule has 4 nitrogen and oxygen atoms in total. The molecule has 4 heteroatoms. The average molecular weight is 299 g/mol. The highest BCUT2D eigenvalue weighted by atomic mass is 16.5. The van der Waals surface area contributed by atoms with Gasteiger partial charge in [-0.15, -0.1) is 0 Å². The Morgan fingerprint density at radius 3 is 2.45 bits per heavy atom. The van der Waals surface area contributed by atoms with Crippen molar-refractivity contribution in [2.45, 2.75) is 26.3 Å². The minimum Gasteiger partial charge on any atom is -0.497 e. The van der Waals surface area contributed by atoms with Gasteiger partial charge in [-0.3, -0.25) is 4.79 Å². The third-order valence-corrected chi connectivity index (χ3v) is 3.67. The van der Waals surface area contributed by atoms with Gasteiger partial charge in [0, 0.05) is 5.69 Å². The predicted molar refractivity (Wildman–Crippen MR) is 88.5 cm³/mol. The molecule has 116 valence electrons. The summed E-state index contributed by atoms with van der Waals surface area (Å²) >= 11 is 0. The van der Waals surface area contributed by atoms with Crippen molar-refractivity contribution in [1.82, 2.24) is 0 Å². The third-order valence-electron chi connectivity index (χ3n) is 3.67. The predicted octanol–water partition coefficient (Wildman–Crippen LogP) is 3.81. The van der Waals surface area contributed by atoms with Crippen LogP contribution < -0.4 is 10.1 Å². The average Bonchev–Trinajstić information content (AvgIpc) is 2.54. The number of carboxylic acids is 1. The van der Waals surface area contributed by atoms with Gasteiger partial charge in [-0.1, -0.05) is 31.2 Å². The molecule has 0 amide bonds. The fourth-order valence-electron chi connectivity index (χ4n) is 2.44. The van der Waals surface area contributed by atoms with Gasteiger partial charge in [0.05, 0.1) is 7.11 Å². The van der Waals surface area contributed by atoms with Crippen molar-refractivity contribution in [2.75, 3.05) is 12.4 Å². The molecule has 22 heavy (non-hydrogen) atoms. The van der Waals surface area contributed by atoms with E-state index in [0.29, 0.717) is 0 Å². The van der Waals surface area contributed by atoms with Crippen molar-refractivity contribution < 1.29 is 14.6 Å². The van der Waals surface area contributed by atoms with Gasteiger partial charge in [-0.2, -0.15) is 0 Å². The number of carboxylic acid groups (broad SMARTS) is 1. The molecule has 0 radical (unpaired) electrons. The largest absolute Gasteiger partial charge is 0.497 e. The number of rotatable bonds is 6. The van der Waals surface area contributed by atoms with Crippen LogP contribution in [-0.4, -0.2) is 24.2 Å². The molecule has 0 aromatic heterocycles. The standard InChI is InChI=1S/C18H21NO3/c1-4-15-16(13-8-10-14(22-3)11-9-13)6-5-7-17(15)19-12(2)18(20)21/h5-12,19H,4H2,1-3H3,(H,20,21)/t12-/m0/s1. The first-order valence-corrected chi connectivity index (χ1v) is 7.32. The van der Waals surface area contributed by atoms with Crippen LogP contribution in [-0.2, 0) is 11.2 Å². The topological polar surface area (TPSA) is 58.6 Å². The van der Waals surface area contributed by atoms with Crippen LogP contribution in [0.5, 0.6) is 5.75 Å². The van der Waals surface area contributed by atoms with E-state index in [1.807, 2.05) is 36.4 Å². The van der Waals surface area contributed by atoms with Crippen molar-refractivity contribution in [3.05, 3.63) is 48.0 Å². The SMILES string of the molecule is CCc1c(N[C@@H](C)C(=O)O)cccc1-c1ccc(OC)cc1. The zero-order valence-electron chi connectivity index (χ0n) is 13.1. The number of ether oxygens (including phenoxy) is 1. The maximum atomic E-state index is 11.1. The molecule has 2 N–H and O–H groups in total. The number of aliphatic carboxylic acids is 1. The number of hydrogen-bond donors (Lipinski definition) is 2. The van der Waals surface area contributed by atoms with Gasteiger partial charge in [0.25, 0.3) is 0 Å². The number of anilines is 1. The highest BCUT2D eigenvalue weighted by molar-refractivity contribution is 5.80. The van der Waals surface area contributed by atoms with Crippen LogP contribution in [0.3, 0.4) is 0 Å². The Morgan fingerprint density at radius 1 is 1.23 bits per heavy atom. The lowest BCUT2D eigenvalue weighted by molar-refractivity contribution is -0.137. The van der Waals surface area contributed by atoms with E-state index in [-0.39, 0.29) is 0 Å². The van der Waals surface area contributed by atoms with Gasteiger partial charge >= 0.3 is 5.97 Å². The summed E-state index contributed by atoms with van der Waals surface area (Å²) in [5.41, 5.74) is 4.17. The van der Waals surface area contributed by atoms with Gasteiger partial charge in [-0.05, 0) is 48.2 Å². The lowest BCUT2D eigenvalue weighted by Crippen LogP contribution is -2.26. The normalized spacial score (nSPS) is 11.8. The molecule has 2 rings (SSSR count). The molecule has 0 spiro atoms. The number of hydrogen-bond acceptors (Lipinski definition) is 3. The number of benzene rings is 2. The van der Waals surface area contributed by atoms with Crippen LogP contribution >= 0.6 is 0 Å². The van der Waals surface area contributed by atoms with Crippen LogP contribution in [0.1, 0.15) is 19.4 Å². The molecule has 2 aromatic carbocycles. The quantitative estimate of drug-likeness (QED) is 0.851. The monoisotopic (exact) mass is 299 g/mol. The van der Waals surface area contributed by atoms with Crippen molar-refractivity contribution in [1.29, 1.82) is 0 Å². The summed E-state index contributed by atoms with van der Waals surface area (Å²) in [6.45, 7) is 3.71. The van der Waals surface area contributed by atoms with Gasteiger partial charge < -0.3 is 15.2 Å². The molecule has 0 unspecified atom stereocenters. The van der Waals surface area contributed by atoms with Crippen molar-refractivity contribution >= 4 is 11.7 Å². The second-order valence-electron chi connectivity index (χ2n) is 5.12.